The maximum Gasteiger partial charge on any atom is 0.267 e. The number of rotatable bonds is 5. The molecule has 0 aliphatic heterocycles. The molecule has 1 aromatic rings. The molecule has 3 rings (SSSR count). The van der Waals surface area contributed by atoms with E-state index in [-0.39, 0.29) is 24.2 Å². The Labute approximate surface area is 133 Å². The summed E-state index contributed by atoms with van der Waals surface area (Å²) in [6, 6.07) is 0. The first-order valence-electron chi connectivity index (χ1n) is 7.72. The minimum atomic E-state index is -4.07. The van der Waals surface area contributed by atoms with Crippen LogP contribution in [0.25, 0.3) is 0 Å². The van der Waals surface area contributed by atoms with Gasteiger partial charge in [-0.2, -0.15) is 5.10 Å². The maximum atomic E-state index is 13.4. The van der Waals surface area contributed by atoms with Gasteiger partial charge in [-0.15, -0.1) is 0 Å². The van der Waals surface area contributed by atoms with Crippen LogP contribution in [0.4, 0.5) is 8.78 Å². The first kappa shape index (κ1) is 16.4. The molecule has 1 N–H and O–H groups in total. The van der Waals surface area contributed by atoms with Gasteiger partial charge in [-0.1, -0.05) is 0 Å². The molecule has 1 heterocycles. The van der Waals surface area contributed by atoms with Gasteiger partial charge < -0.3 is 0 Å². The zero-order valence-electron chi connectivity index (χ0n) is 12.5. The molecule has 128 valence electrons. The van der Waals surface area contributed by atoms with E-state index in [1.165, 1.54) is 17.1 Å². The summed E-state index contributed by atoms with van der Waals surface area (Å²) in [4.78, 5) is 11.9. The molecule has 1 atom stereocenters. The van der Waals surface area contributed by atoms with Crippen LogP contribution >= 0.6 is 0 Å². The molecule has 23 heavy (non-hydrogen) atoms. The Hall–Kier alpha value is -1.51. The normalized spacial score (nSPS) is 24.3. The zero-order chi connectivity index (χ0) is 16.7. The van der Waals surface area contributed by atoms with Crippen molar-refractivity contribution in [2.45, 2.75) is 55.9 Å². The van der Waals surface area contributed by atoms with E-state index < -0.39 is 34.2 Å². The molecular weight excluding hydrogens is 328 g/mol. The number of amides is 1. The van der Waals surface area contributed by atoms with Gasteiger partial charge in [0, 0.05) is 31.5 Å². The molecule has 0 spiro atoms. The average Bonchev–Trinajstić information content (AvgIpc) is 3.11. The Morgan fingerprint density at radius 3 is 2.78 bits per heavy atom. The number of nitrogens with one attached hydrogen (secondary N) is 1. The summed E-state index contributed by atoms with van der Waals surface area (Å²) < 4.78 is 54.5. The zero-order valence-corrected chi connectivity index (χ0v) is 13.4. The van der Waals surface area contributed by atoms with Crippen molar-refractivity contribution in [1.29, 1.82) is 0 Å². The average molecular weight is 347 g/mol. The highest BCUT2D eigenvalue weighted by molar-refractivity contribution is 7.90. The highest BCUT2D eigenvalue weighted by Crippen LogP contribution is 2.36. The molecule has 2 aliphatic rings. The Morgan fingerprint density at radius 2 is 2.13 bits per heavy atom. The molecule has 1 amide bonds. The summed E-state index contributed by atoms with van der Waals surface area (Å²) in [6.45, 7) is 0.651. The molecule has 0 saturated heterocycles. The summed E-state index contributed by atoms with van der Waals surface area (Å²) >= 11 is 0. The topological polar surface area (TPSA) is 81.1 Å². The molecule has 1 aromatic heterocycles. The fourth-order valence-electron chi connectivity index (χ4n) is 2.82. The van der Waals surface area contributed by atoms with Crippen LogP contribution in [0.15, 0.2) is 17.3 Å². The van der Waals surface area contributed by atoms with E-state index in [4.69, 9.17) is 0 Å². The number of halogens is 2. The van der Waals surface area contributed by atoms with Crippen LogP contribution in [-0.4, -0.2) is 30.0 Å². The molecule has 0 radical (unpaired) electrons. The molecule has 9 heteroatoms. The van der Waals surface area contributed by atoms with Gasteiger partial charge in [-0.3, -0.25) is 9.48 Å². The van der Waals surface area contributed by atoms with Gasteiger partial charge in [0.05, 0.1) is 6.20 Å². The highest BCUT2D eigenvalue weighted by atomic mass is 32.2. The van der Waals surface area contributed by atoms with Gasteiger partial charge in [-0.25, -0.2) is 21.9 Å². The van der Waals surface area contributed by atoms with E-state index >= 15 is 0 Å². The minimum Gasteiger partial charge on any atom is -0.274 e. The standard InChI is InChI=1S/C14H19F2N3O3S/c15-14(16)5-1-2-11(6-14)13(20)18-23(21,22)12-7-17-19(9-12)8-10-3-4-10/h7,9-11H,1-6,8H2,(H,18,20)/t11-/m1/s1. The lowest BCUT2D eigenvalue weighted by molar-refractivity contribution is -0.130. The SMILES string of the molecule is O=C(NS(=O)(=O)c1cnn(CC2CC2)c1)[C@@H]1CCCC(F)(F)C1. The fraction of sp³-hybridized carbons (Fsp3) is 0.714. The molecule has 2 saturated carbocycles. The van der Waals surface area contributed by atoms with Gasteiger partial charge in [0.15, 0.2) is 0 Å². The predicted octanol–water partition coefficient (Wildman–Crippen LogP) is 1.92. The third-order valence-electron chi connectivity index (χ3n) is 4.31. The van der Waals surface area contributed by atoms with Crippen molar-refractivity contribution in [2.24, 2.45) is 11.8 Å². The monoisotopic (exact) mass is 347 g/mol. The number of hydrogen-bond acceptors (Lipinski definition) is 4. The summed E-state index contributed by atoms with van der Waals surface area (Å²) in [7, 11) is -4.07. The van der Waals surface area contributed by atoms with E-state index in [0.717, 1.165) is 12.8 Å². The second-order valence-corrected chi connectivity index (χ2v) is 8.14. The Balaban J connectivity index is 1.65. The van der Waals surface area contributed by atoms with Gasteiger partial charge in [0.25, 0.3) is 10.0 Å². The lowest BCUT2D eigenvalue weighted by Gasteiger charge is -2.27. The number of hydrogen-bond donors (Lipinski definition) is 1. The van der Waals surface area contributed by atoms with Gasteiger partial charge >= 0.3 is 0 Å². The Morgan fingerprint density at radius 1 is 1.39 bits per heavy atom. The molecule has 2 fully saturated rings. The summed E-state index contributed by atoms with van der Waals surface area (Å²) in [5, 5.41) is 3.97. The number of sulfonamides is 1. The highest BCUT2D eigenvalue weighted by Gasteiger charge is 2.40. The van der Waals surface area contributed by atoms with Crippen molar-refractivity contribution >= 4 is 15.9 Å². The van der Waals surface area contributed by atoms with Crippen LogP contribution in [0.1, 0.15) is 38.5 Å². The van der Waals surface area contributed by atoms with Crippen LogP contribution in [0, 0.1) is 11.8 Å². The Kier molecular flexibility index (Phi) is 4.16. The third-order valence-corrected chi connectivity index (χ3v) is 5.61. The van der Waals surface area contributed by atoms with Crippen molar-refractivity contribution in [2.75, 3.05) is 0 Å². The van der Waals surface area contributed by atoms with Crippen molar-refractivity contribution in [3.8, 4) is 0 Å². The molecule has 6 nitrogen and oxygen atoms in total. The maximum absolute atomic E-state index is 13.4. The summed E-state index contributed by atoms with van der Waals surface area (Å²) in [5.41, 5.74) is 0. The van der Waals surface area contributed by atoms with E-state index in [1.54, 1.807) is 0 Å². The van der Waals surface area contributed by atoms with Gasteiger partial charge in [-0.05, 0) is 31.6 Å². The quantitative estimate of drug-likeness (QED) is 0.882. The first-order valence-corrected chi connectivity index (χ1v) is 9.20. The minimum absolute atomic E-state index is 0.117. The van der Waals surface area contributed by atoms with Crippen LogP contribution in [0.5, 0.6) is 0 Å². The second kappa shape index (κ2) is 5.85. The van der Waals surface area contributed by atoms with Crippen molar-refractivity contribution < 1.29 is 22.0 Å². The number of nitrogens with zero attached hydrogens (tertiary/aromatic N) is 2. The van der Waals surface area contributed by atoms with Crippen molar-refractivity contribution in [3.63, 3.8) is 0 Å². The molecule has 0 aromatic carbocycles. The third kappa shape index (κ3) is 4.07. The largest absolute Gasteiger partial charge is 0.274 e. The van der Waals surface area contributed by atoms with Crippen LogP contribution in [0.2, 0.25) is 0 Å². The summed E-state index contributed by atoms with van der Waals surface area (Å²) in [6.07, 6.45) is 4.38. The molecular formula is C14H19F2N3O3S. The second-order valence-electron chi connectivity index (χ2n) is 6.46. The number of alkyl halides is 2. The fourth-order valence-corrected chi connectivity index (χ4v) is 3.81. The van der Waals surface area contributed by atoms with Crippen LogP contribution in [0.3, 0.4) is 0 Å². The number of carbonyl (C=O) groups excluding carboxylic acids is 1. The van der Waals surface area contributed by atoms with E-state index in [1.807, 2.05) is 4.72 Å². The Bertz CT molecular complexity index is 698. The van der Waals surface area contributed by atoms with Crippen molar-refractivity contribution in [3.05, 3.63) is 12.4 Å². The van der Waals surface area contributed by atoms with Gasteiger partial charge in [0.1, 0.15) is 4.90 Å². The van der Waals surface area contributed by atoms with Gasteiger partial charge in [0.2, 0.25) is 11.8 Å². The smallest absolute Gasteiger partial charge is 0.267 e. The molecule has 0 unspecified atom stereocenters. The molecule has 0 bridgehead atoms. The molecule has 2 aliphatic carbocycles. The van der Waals surface area contributed by atoms with E-state index in [0.29, 0.717) is 12.5 Å². The lowest BCUT2D eigenvalue weighted by atomic mass is 9.86. The van der Waals surface area contributed by atoms with E-state index in [9.17, 15) is 22.0 Å². The predicted molar refractivity (Wildman–Crippen MR) is 77.2 cm³/mol. The van der Waals surface area contributed by atoms with E-state index in [2.05, 4.69) is 5.10 Å². The van der Waals surface area contributed by atoms with Crippen molar-refractivity contribution in [1.82, 2.24) is 14.5 Å². The van der Waals surface area contributed by atoms with Crippen LogP contribution in [-0.2, 0) is 21.4 Å². The lowest BCUT2D eigenvalue weighted by Crippen LogP contribution is -2.40. The number of carbonyl (C=O) groups is 1. The number of aromatic nitrogens is 2. The van der Waals surface area contributed by atoms with Crippen LogP contribution < -0.4 is 4.72 Å². The first-order chi connectivity index (χ1) is 10.8. The summed E-state index contributed by atoms with van der Waals surface area (Å²) in [5.74, 6) is -4.21.